The van der Waals surface area contributed by atoms with Crippen LogP contribution in [-0.4, -0.2) is 29.0 Å². The number of hydroxylamine groups is 2. The molecule has 0 aromatic rings. The summed E-state index contributed by atoms with van der Waals surface area (Å²) in [5.74, 6) is -3.29. The first-order chi connectivity index (χ1) is 6.79. The van der Waals surface area contributed by atoms with E-state index in [4.69, 9.17) is 0 Å². The number of hydrogen-bond acceptors (Lipinski definition) is 4. The van der Waals surface area contributed by atoms with E-state index in [-0.39, 0.29) is 17.9 Å². The van der Waals surface area contributed by atoms with E-state index in [9.17, 15) is 27.6 Å². The molecule has 15 heavy (non-hydrogen) atoms. The van der Waals surface area contributed by atoms with Crippen LogP contribution in [0.25, 0.3) is 0 Å². The van der Waals surface area contributed by atoms with E-state index in [0.717, 1.165) is 0 Å². The van der Waals surface area contributed by atoms with Crippen molar-refractivity contribution in [2.75, 3.05) is 0 Å². The molecule has 1 fully saturated rings. The fourth-order valence-corrected chi connectivity index (χ4v) is 0.956. The largest absolute Gasteiger partial charge is 0.399 e. The number of amides is 2. The Bertz CT molecular complexity index is 296. The summed E-state index contributed by atoms with van der Waals surface area (Å²) in [6.45, 7) is 0. The molecule has 1 heterocycles. The van der Waals surface area contributed by atoms with Crippen molar-refractivity contribution in [3.63, 3.8) is 0 Å². The summed E-state index contributed by atoms with van der Waals surface area (Å²) in [5, 5.41) is 0.0775. The Kier molecular flexibility index (Phi) is 2.96. The highest BCUT2D eigenvalue weighted by Gasteiger charge is 2.37. The molecule has 0 spiro atoms. The molecular formula is C7H6F3NO4. The van der Waals surface area contributed by atoms with Gasteiger partial charge in [-0.05, 0) is 0 Å². The van der Waals surface area contributed by atoms with Crippen LogP contribution >= 0.6 is 0 Å². The van der Waals surface area contributed by atoms with Gasteiger partial charge < -0.3 is 4.84 Å². The molecule has 5 nitrogen and oxygen atoms in total. The molecule has 0 unspecified atom stereocenters. The zero-order chi connectivity index (χ0) is 11.6. The van der Waals surface area contributed by atoms with Crippen LogP contribution in [0.2, 0.25) is 0 Å². The molecule has 2 amide bonds. The second kappa shape index (κ2) is 3.87. The van der Waals surface area contributed by atoms with E-state index in [1.165, 1.54) is 0 Å². The van der Waals surface area contributed by atoms with E-state index < -0.39 is 30.4 Å². The van der Waals surface area contributed by atoms with E-state index in [2.05, 4.69) is 4.84 Å². The van der Waals surface area contributed by atoms with Gasteiger partial charge in [-0.3, -0.25) is 9.59 Å². The molecule has 0 N–H and O–H groups in total. The van der Waals surface area contributed by atoms with Crippen molar-refractivity contribution in [2.45, 2.75) is 25.4 Å². The van der Waals surface area contributed by atoms with Crippen molar-refractivity contribution in [1.29, 1.82) is 0 Å². The standard InChI is InChI=1S/C7H6F3NO4/c8-7(9,10)3-6(14)15-11-4(12)1-2-5(11)13/h1-3H2. The summed E-state index contributed by atoms with van der Waals surface area (Å²) in [5.41, 5.74) is 0. The first-order valence-corrected chi connectivity index (χ1v) is 3.93. The highest BCUT2D eigenvalue weighted by Crippen LogP contribution is 2.21. The first-order valence-electron chi connectivity index (χ1n) is 3.93. The van der Waals surface area contributed by atoms with Crippen molar-refractivity contribution < 1.29 is 32.4 Å². The second-order valence-electron chi connectivity index (χ2n) is 2.84. The molecule has 0 radical (unpaired) electrons. The number of rotatable bonds is 2. The van der Waals surface area contributed by atoms with Gasteiger partial charge in [0.05, 0.1) is 0 Å². The maximum absolute atomic E-state index is 11.7. The number of hydrogen-bond donors (Lipinski definition) is 0. The molecule has 0 atom stereocenters. The van der Waals surface area contributed by atoms with Gasteiger partial charge in [0.2, 0.25) is 0 Å². The third-order valence-corrected chi connectivity index (χ3v) is 1.54. The van der Waals surface area contributed by atoms with Crippen LogP contribution in [0.4, 0.5) is 13.2 Å². The summed E-state index contributed by atoms with van der Waals surface area (Å²) in [4.78, 5) is 36.3. The Labute approximate surface area is 81.7 Å². The summed E-state index contributed by atoms with van der Waals surface area (Å²) in [6.07, 6.45) is -6.86. The maximum atomic E-state index is 11.7. The predicted molar refractivity (Wildman–Crippen MR) is 37.9 cm³/mol. The summed E-state index contributed by atoms with van der Waals surface area (Å²) in [7, 11) is 0. The fraction of sp³-hybridized carbons (Fsp3) is 0.571. The molecule has 1 saturated heterocycles. The van der Waals surface area contributed by atoms with Gasteiger partial charge in [0.1, 0.15) is 6.42 Å². The van der Waals surface area contributed by atoms with Gasteiger partial charge in [-0.15, -0.1) is 5.06 Å². The van der Waals surface area contributed by atoms with Crippen molar-refractivity contribution in [2.24, 2.45) is 0 Å². The molecule has 8 heteroatoms. The highest BCUT2D eigenvalue weighted by atomic mass is 19.4. The summed E-state index contributed by atoms with van der Waals surface area (Å²) >= 11 is 0. The van der Waals surface area contributed by atoms with E-state index in [1.807, 2.05) is 0 Å². The highest BCUT2D eigenvalue weighted by molar-refractivity contribution is 6.01. The summed E-state index contributed by atoms with van der Waals surface area (Å²) < 4.78 is 35.1. The zero-order valence-electron chi connectivity index (χ0n) is 7.34. The lowest BCUT2D eigenvalue weighted by molar-refractivity contribution is -0.209. The van der Waals surface area contributed by atoms with Crippen LogP contribution in [-0.2, 0) is 19.2 Å². The Morgan fingerprint density at radius 2 is 1.73 bits per heavy atom. The summed E-state index contributed by atoms with van der Waals surface area (Å²) in [6, 6.07) is 0. The van der Waals surface area contributed by atoms with Gasteiger partial charge in [-0.1, -0.05) is 0 Å². The van der Waals surface area contributed by atoms with E-state index in [0.29, 0.717) is 0 Å². The molecular weight excluding hydrogens is 219 g/mol. The zero-order valence-corrected chi connectivity index (χ0v) is 7.34. The number of nitrogens with zero attached hydrogens (tertiary/aromatic N) is 1. The smallest absolute Gasteiger partial charge is 0.330 e. The lowest BCUT2D eigenvalue weighted by Crippen LogP contribution is -2.33. The number of alkyl halides is 3. The number of carbonyl (C=O) groups excluding carboxylic acids is 3. The first kappa shape index (κ1) is 11.5. The molecule has 0 aromatic carbocycles. The third-order valence-electron chi connectivity index (χ3n) is 1.54. The van der Waals surface area contributed by atoms with Crippen LogP contribution in [0.3, 0.4) is 0 Å². The van der Waals surface area contributed by atoms with Gasteiger partial charge in [0.25, 0.3) is 11.8 Å². The Morgan fingerprint density at radius 3 is 2.13 bits per heavy atom. The minimum absolute atomic E-state index is 0.0775. The van der Waals surface area contributed by atoms with Gasteiger partial charge >= 0.3 is 12.1 Å². The van der Waals surface area contributed by atoms with Crippen LogP contribution in [0.5, 0.6) is 0 Å². The van der Waals surface area contributed by atoms with Crippen molar-refractivity contribution in [1.82, 2.24) is 5.06 Å². The second-order valence-corrected chi connectivity index (χ2v) is 2.84. The number of halogens is 3. The fourth-order valence-electron chi connectivity index (χ4n) is 0.956. The third kappa shape index (κ3) is 3.22. The monoisotopic (exact) mass is 225 g/mol. The van der Waals surface area contributed by atoms with Crippen LogP contribution in [0.1, 0.15) is 19.3 Å². The molecule has 0 aromatic heterocycles. The lowest BCUT2D eigenvalue weighted by atomic mass is 10.4. The molecule has 84 valence electrons. The SMILES string of the molecule is O=C(CC(F)(F)F)ON1C(=O)CCC1=O. The molecule has 1 aliphatic rings. The van der Waals surface area contributed by atoms with Crippen LogP contribution < -0.4 is 0 Å². The number of carbonyl (C=O) groups is 3. The van der Waals surface area contributed by atoms with Gasteiger partial charge in [-0.25, -0.2) is 4.79 Å². The van der Waals surface area contributed by atoms with Gasteiger partial charge in [0, 0.05) is 12.8 Å². The van der Waals surface area contributed by atoms with E-state index >= 15 is 0 Å². The quantitative estimate of drug-likeness (QED) is 0.643. The molecule has 0 bridgehead atoms. The van der Waals surface area contributed by atoms with Crippen LogP contribution in [0.15, 0.2) is 0 Å². The average molecular weight is 225 g/mol. The normalized spacial score (nSPS) is 17.1. The Morgan fingerprint density at radius 1 is 1.27 bits per heavy atom. The Balaban J connectivity index is 2.51. The minimum Gasteiger partial charge on any atom is -0.330 e. The van der Waals surface area contributed by atoms with Crippen molar-refractivity contribution in [3.05, 3.63) is 0 Å². The Hall–Kier alpha value is -1.60. The van der Waals surface area contributed by atoms with Crippen molar-refractivity contribution in [3.8, 4) is 0 Å². The van der Waals surface area contributed by atoms with Crippen molar-refractivity contribution >= 4 is 17.8 Å². The predicted octanol–water partition coefficient (Wildman–Crippen LogP) is 0.546. The topological polar surface area (TPSA) is 63.7 Å². The lowest BCUT2D eigenvalue weighted by Gasteiger charge is -2.13. The van der Waals surface area contributed by atoms with Gasteiger partial charge in [-0.2, -0.15) is 13.2 Å². The van der Waals surface area contributed by atoms with Gasteiger partial charge in [0.15, 0.2) is 0 Å². The average Bonchev–Trinajstić information content (AvgIpc) is 2.32. The number of imide groups is 1. The molecule has 1 aliphatic heterocycles. The van der Waals surface area contributed by atoms with E-state index in [1.54, 1.807) is 0 Å². The maximum Gasteiger partial charge on any atom is 0.399 e. The van der Waals surface area contributed by atoms with Crippen LogP contribution in [0, 0.1) is 0 Å². The molecule has 0 saturated carbocycles. The molecule has 1 rings (SSSR count). The minimum atomic E-state index is -4.72. The molecule has 0 aliphatic carbocycles.